The molecule has 0 aliphatic rings. The van der Waals surface area contributed by atoms with Crippen molar-refractivity contribution in [3.05, 3.63) is 90.5 Å². The van der Waals surface area contributed by atoms with Gasteiger partial charge in [-0.15, -0.1) is 0 Å². The van der Waals surface area contributed by atoms with Crippen LogP contribution < -0.4 is 15.0 Å². The van der Waals surface area contributed by atoms with Gasteiger partial charge in [-0.1, -0.05) is 54.6 Å². The Morgan fingerprint density at radius 1 is 0.926 bits per heavy atom. The molecular formula is C23H24N2O2. The minimum atomic E-state index is -0.0164. The summed E-state index contributed by atoms with van der Waals surface area (Å²) in [6, 6.07) is 27.9. The maximum Gasteiger partial charge on any atom is 0.226 e. The van der Waals surface area contributed by atoms with E-state index in [0.29, 0.717) is 13.0 Å². The van der Waals surface area contributed by atoms with E-state index in [1.807, 2.05) is 60.7 Å². The lowest BCUT2D eigenvalue weighted by Crippen LogP contribution is -2.27. The highest BCUT2D eigenvalue weighted by atomic mass is 16.5. The van der Waals surface area contributed by atoms with Gasteiger partial charge in [-0.05, 0) is 29.8 Å². The number of carbonyl (C=O) groups excluding carboxylic acids is 1. The van der Waals surface area contributed by atoms with Gasteiger partial charge in [0.1, 0.15) is 5.75 Å². The lowest BCUT2D eigenvalue weighted by molar-refractivity contribution is -0.116. The second-order valence-corrected chi connectivity index (χ2v) is 6.27. The van der Waals surface area contributed by atoms with Crippen molar-refractivity contribution in [3.8, 4) is 5.75 Å². The lowest BCUT2D eigenvalue weighted by atomic mass is 10.2. The van der Waals surface area contributed by atoms with Crippen LogP contribution in [0, 0.1) is 0 Å². The van der Waals surface area contributed by atoms with Crippen LogP contribution in [0.2, 0.25) is 0 Å². The Hall–Kier alpha value is -3.27. The van der Waals surface area contributed by atoms with Gasteiger partial charge < -0.3 is 15.0 Å². The molecule has 0 aromatic heterocycles. The molecule has 0 saturated heterocycles. The van der Waals surface area contributed by atoms with E-state index in [1.54, 1.807) is 7.11 Å². The van der Waals surface area contributed by atoms with Gasteiger partial charge >= 0.3 is 0 Å². The number of nitrogens with one attached hydrogen (secondary N) is 1. The molecule has 4 heteroatoms. The van der Waals surface area contributed by atoms with Gasteiger partial charge in [-0.2, -0.15) is 0 Å². The van der Waals surface area contributed by atoms with Crippen LogP contribution in [0.4, 0.5) is 11.4 Å². The predicted octanol–water partition coefficient (Wildman–Crippen LogP) is 4.73. The van der Waals surface area contributed by atoms with E-state index in [4.69, 9.17) is 4.74 Å². The van der Waals surface area contributed by atoms with Crippen LogP contribution in [0.5, 0.6) is 5.75 Å². The first-order valence-corrected chi connectivity index (χ1v) is 9.02. The molecule has 0 aliphatic carbocycles. The number of ether oxygens (including phenoxy) is 1. The number of benzene rings is 3. The molecule has 0 radical (unpaired) electrons. The molecule has 1 amide bonds. The number of rotatable bonds is 8. The third-order valence-electron chi connectivity index (χ3n) is 4.30. The maximum atomic E-state index is 12.4. The highest BCUT2D eigenvalue weighted by Gasteiger charge is 2.10. The number of methoxy groups -OCH3 is 1. The van der Waals surface area contributed by atoms with Crippen LogP contribution >= 0.6 is 0 Å². The molecule has 3 rings (SSSR count). The fourth-order valence-corrected chi connectivity index (χ4v) is 2.90. The molecule has 0 heterocycles. The van der Waals surface area contributed by atoms with E-state index in [1.165, 1.54) is 5.56 Å². The Balaban J connectivity index is 1.64. The molecule has 3 aromatic rings. The van der Waals surface area contributed by atoms with Gasteiger partial charge in [0.15, 0.2) is 0 Å². The van der Waals surface area contributed by atoms with Gasteiger partial charge in [-0.3, -0.25) is 4.79 Å². The first-order valence-electron chi connectivity index (χ1n) is 9.02. The number of nitrogens with zero attached hydrogens (tertiary/aromatic N) is 1. The molecule has 0 atom stereocenters. The van der Waals surface area contributed by atoms with E-state index in [9.17, 15) is 4.79 Å². The molecule has 0 fully saturated rings. The molecule has 138 valence electrons. The molecular weight excluding hydrogens is 336 g/mol. The quantitative estimate of drug-likeness (QED) is 0.631. The first kappa shape index (κ1) is 18.5. The van der Waals surface area contributed by atoms with Crippen LogP contribution in [0.1, 0.15) is 12.0 Å². The second-order valence-electron chi connectivity index (χ2n) is 6.27. The van der Waals surface area contributed by atoms with Crippen molar-refractivity contribution in [3.63, 3.8) is 0 Å². The summed E-state index contributed by atoms with van der Waals surface area (Å²) in [7, 11) is 1.61. The van der Waals surface area contributed by atoms with Crippen molar-refractivity contribution in [2.45, 2.75) is 13.0 Å². The molecule has 0 unspecified atom stereocenters. The van der Waals surface area contributed by atoms with Crippen LogP contribution in [0.3, 0.4) is 0 Å². The number of para-hydroxylation sites is 1. The molecule has 0 spiro atoms. The van der Waals surface area contributed by atoms with E-state index >= 15 is 0 Å². The highest BCUT2D eigenvalue weighted by molar-refractivity contribution is 5.91. The summed E-state index contributed by atoms with van der Waals surface area (Å²) in [5.74, 6) is 0.708. The zero-order chi connectivity index (χ0) is 18.9. The van der Waals surface area contributed by atoms with Crippen molar-refractivity contribution >= 4 is 17.3 Å². The summed E-state index contributed by atoms with van der Waals surface area (Å²) in [6.45, 7) is 1.39. The Bertz CT molecular complexity index is 851. The first-order chi connectivity index (χ1) is 13.2. The van der Waals surface area contributed by atoms with E-state index in [0.717, 1.165) is 23.7 Å². The third kappa shape index (κ3) is 5.61. The van der Waals surface area contributed by atoms with Crippen molar-refractivity contribution in [2.24, 2.45) is 0 Å². The second kappa shape index (κ2) is 9.43. The van der Waals surface area contributed by atoms with Gasteiger partial charge in [0, 0.05) is 37.0 Å². The van der Waals surface area contributed by atoms with Crippen molar-refractivity contribution in [2.75, 3.05) is 23.9 Å². The van der Waals surface area contributed by atoms with Gasteiger partial charge in [-0.25, -0.2) is 0 Å². The Morgan fingerprint density at radius 3 is 2.33 bits per heavy atom. The van der Waals surface area contributed by atoms with Crippen molar-refractivity contribution < 1.29 is 9.53 Å². The summed E-state index contributed by atoms with van der Waals surface area (Å²) in [6.07, 6.45) is 0.402. The fraction of sp³-hybridized carbons (Fsp3) is 0.174. The van der Waals surface area contributed by atoms with Gasteiger partial charge in [0.25, 0.3) is 0 Å². The average Bonchev–Trinajstić information content (AvgIpc) is 2.72. The summed E-state index contributed by atoms with van der Waals surface area (Å²) in [5, 5.41) is 2.94. The third-order valence-corrected chi connectivity index (χ3v) is 4.30. The Morgan fingerprint density at radius 2 is 1.63 bits per heavy atom. The lowest BCUT2D eigenvalue weighted by Gasteiger charge is -2.25. The zero-order valence-electron chi connectivity index (χ0n) is 15.5. The maximum absolute atomic E-state index is 12.4. The van der Waals surface area contributed by atoms with Gasteiger partial charge in [0.05, 0.1) is 7.11 Å². The molecule has 1 N–H and O–H groups in total. The number of amides is 1. The largest absolute Gasteiger partial charge is 0.497 e. The zero-order valence-corrected chi connectivity index (χ0v) is 15.5. The predicted molar refractivity (Wildman–Crippen MR) is 110 cm³/mol. The smallest absolute Gasteiger partial charge is 0.226 e. The molecule has 3 aromatic carbocycles. The summed E-state index contributed by atoms with van der Waals surface area (Å²) in [4.78, 5) is 14.6. The minimum Gasteiger partial charge on any atom is -0.497 e. The average molecular weight is 360 g/mol. The topological polar surface area (TPSA) is 41.6 Å². The van der Waals surface area contributed by atoms with Crippen LogP contribution in [0.15, 0.2) is 84.9 Å². The van der Waals surface area contributed by atoms with Crippen LogP contribution in [-0.2, 0) is 11.3 Å². The molecule has 27 heavy (non-hydrogen) atoms. The highest BCUT2D eigenvalue weighted by Crippen LogP contribution is 2.19. The van der Waals surface area contributed by atoms with E-state index in [2.05, 4.69) is 34.5 Å². The number of hydrogen-bond acceptors (Lipinski definition) is 3. The van der Waals surface area contributed by atoms with Crippen LogP contribution in [-0.4, -0.2) is 19.6 Å². The Labute approximate surface area is 160 Å². The van der Waals surface area contributed by atoms with Gasteiger partial charge in [0.2, 0.25) is 5.91 Å². The number of carbonyl (C=O) groups is 1. The summed E-state index contributed by atoms with van der Waals surface area (Å²) < 4.78 is 5.20. The number of anilines is 2. The normalized spacial score (nSPS) is 10.3. The molecule has 0 bridgehead atoms. The minimum absolute atomic E-state index is 0.0164. The fourth-order valence-electron chi connectivity index (χ4n) is 2.90. The SMILES string of the molecule is COc1cccc(NC(=O)CCN(Cc2ccccc2)c2ccccc2)c1. The van der Waals surface area contributed by atoms with Crippen molar-refractivity contribution in [1.82, 2.24) is 0 Å². The standard InChI is InChI=1S/C23H24N2O2/c1-27-22-14-8-11-20(17-22)24-23(26)15-16-25(21-12-6-3-7-13-21)18-19-9-4-2-5-10-19/h2-14,17H,15-16,18H2,1H3,(H,24,26). The van der Waals surface area contributed by atoms with E-state index < -0.39 is 0 Å². The molecule has 4 nitrogen and oxygen atoms in total. The van der Waals surface area contributed by atoms with Crippen molar-refractivity contribution in [1.29, 1.82) is 0 Å². The van der Waals surface area contributed by atoms with E-state index in [-0.39, 0.29) is 5.91 Å². The number of hydrogen-bond donors (Lipinski definition) is 1. The summed E-state index contributed by atoms with van der Waals surface area (Å²) in [5.41, 5.74) is 3.07. The monoisotopic (exact) mass is 360 g/mol. The molecule has 0 aliphatic heterocycles. The molecule has 0 saturated carbocycles. The van der Waals surface area contributed by atoms with Crippen LogP contribution in [0.25, 0.3) is 0 Å². The summed E-state index contributed by atoms with van der Waals surface area (Å²) >= 11 is 0. The Kier molecular flexibility index (Phi) is 6.47.